The topological polar surface area (TPSA) is 80.4 Å². The Hall–Kier alpha value is -0.880. The Morgan fingerprint density at radius 3 is 3.07 bits per heavy atom. The highest BCUT2D eigenvalue weighted by molar-refractivity contribution is 7.91. The van der Waals surface area contributed by atoms with Gasteiger partial charge in [0.2, 0.25) is 0 Å². The number of aliphatic hydroxyl groups excluding tert-OH is 1. The minimum Gasteiger partial charge on any atom is -0.391 e. The molecule has 0 bridgehead atoms. The Morgan fingerprint density at radius 2 is 2.40 bits per heavy atom. The van der Waals surface area contributed by atoms with E-state index in [0.29, 0.717) is 17.7 Å². The van der Waals surface area contributed by atoms with Crippen LogP contribution in [0, 0.1) is 0 Å². The zero-order valence-electron chi connectivity index (χ0n) is 8.22. The van der Waals surface area contributed by atoms with Crippen molar-refractivity contribution in [3.8, 4) is 0 Å². The van der Waals surface area contributed by atoms with Crippen molar-refractivity contribution < 1.29 is 18.0 Å². The maximum absolute atomic E-state index is 11.4. The fourth-order valence-electron chi connectivity index (χ4n) is 1.95. The van der Waals surface area contributed by atoms with Crippen LogP contribution in [0.15, 0.2) is 10.7 Å². The number of hydrogen-bond donors (Lipinski definition) is 1. The Balaban J connectivity index is 2.24. The summed E-state index contributed by atoms with van der Waals surface area (Å²) >= 11 is 0. The molecule has 1 fully saturated rings. The van der Waals surface area contributed by atoms with Gasteiger partial charge >= 0.3 is 0 Å². The first kappa shape index (κ1) is 10.6. The molecule has 1 saturated heterocycles. The normalized spacial score (nSPS) is 25.3. The van der Waals surface area contributed by atoms with Crippen LogP contribution in [-0.4, -0.2) is 30.2 Å². The minimum absolute atomic E-state index is 0.106. The number of rotatable bonds is 2. The molecule has 0 saturated carbocycles. The number of aliphatic hydroxyl groups is 1. The van der Waals surface area contributed by atoms with Crippen molar-refractivity contribution in [1.82, 2.24) is 5.16 Å². The molecule has 2 heterocycles. The summed E-state index contributed by atoms with van der Waals surface area (Å²) in [5.41, 5.74) is 0.595. The van der Waals surface area contributed by atoms with E-state index in [1.165, 1.54) is 6.20 Å². The molecule has 84 valence electrons. The molecule has 0 aliphatic carbocycles. The van der Waals surface area contributed by atoms with Gasteiger partial charge < -0.3 is 9.63 Å². The Labute approximate surface area is 88.0 Å². The second kappa shape index (κ2) is 3.94. The van der Waals surface area contributed by atoms with Gasteiger partial charge in [-0.3, -0.25) is 0 Å². The van der Waals surface area contributed by atoms with Crippen LogP contribution in [0.1, 0.15) is 30.1 Å². The number of nitrogens with zero attached hydrogens (tertiary/aromatic N) is 1. The number of hydrogen-bond acceptors (Lipinski definition) is 5. The molecule has 1 aliphatic heterocycles. The average Bonchev–Trinajstić information content (AvgIpc) is 2.63. The molecule has 2 rings (SSSR count). The van der Waals surface area contributed by atoms with E-state index in [0.717, 1.165) is 6.42 Å². The van der Waals surface area contributed by atoms with E-state index < -0.39 is 9.84 Å². The molecular formula is C9H13NO4S. The zero-order chi connectivity index (χ0) is 10.9. The second-order valence-corrected chi connectivity index (χ2v) is 6.06. The van der Waals surface area contributed by atoms with E-state index in [-0.39, 0.29) is 24.0 Å². The highest BCUT2D eigenvalue weighted by Crippen LogP contribution is 2.30. The van der Waals surface area contributed by atoms with E-state index in [9.17, 15) is 8.42 Å². The van der Waals surface area contributed by atoms with Gasteiger partial charge in [0.15, 0.2) is 9.84 Å². The molecular weight excluding hydrogens is 218 g/mol. The van der Waals surface area contributed by atoms with Crippen molar-refractivity contribution >= 4 is 9.84 Å². The van der Waals surface area contributed by atoms with E-state index in [2.05, 4.69) is 5.16 Å². The lowest BCUT2D eigenvalue weighted by atomic mass is 10.00. The third kappa shape index (κ3) is 2.21. The van der Waals surface area contributed by atoms with Gasteiger partial charge in [-0.25, -0.2) is 8.42 Å². The van der Waals surface area contributed by atoms with E-state index in [4.69, 9.17) is 9.63 Å². The van der Waals surface area contributed by atoms with Gasteiger partial charge in [0.05, 0.1) is 24.3 Å². The molecule has 6 heteroatoms. The Kier molecular flexibility index (Phi) is 2.79. The molecule has 1 aromatic heterocycles. The quantitative estimate of drug-likeness (QED) is 0.799. The molecule has 1 unspecified atom stereocenters. The van der Waals surface area contributed by atoms with Gasteiger partial charge in [-0.15, -0.1) is 0 Å². The van der Waals surface area contributed by atoms with Crippen LogP contribution in [0.4, 0.5) is 0 Å². The van der Waals surface area contributed by atoms with E-state index in [1.54, 1.807) is 0 Å². The predicted octanol–water partition coefficient (Wildman–Crippen LogP) is 0.459. The smallest absolute Gasteiger partial charge is 0.151 e. The summed E-state index contributed by atoms with van der Waals surface area (Å²) in [7, 11) is -2.95. The maximum Gasteiger partial charge on any atom is 0.151 e. The fraction of sp³-hybridized carbons (Fsp3) is 0.667. The molecule has 1 N–H and O–H groups in total. The van der Waals surface area contributed by atoms with Gasteiger partial charge in [0.25, 0.3) is 0 Å². The predicted molar refractivity (Wildman–Crippen MR) is 53.1 cm³/mol. The van der Waals surface area contributed by atoms with Crippen LogP contribution >= 0.6 is 0 Å². The van der Waals surface area contributed by atoms with Crippen molar-refractivity contribution in [2.75, 3.05) is 11.5 Å². The van der Waals surface area contributed by atoms with Gasteiger partial charge in [-0.2, -0.15) is 0 Å². The minimum atomic E-state index is -2.95. The van der Waals surface area contributed by atoms with Gasteiger partial charge in [0.1, 0.15) is 5.76 Å². The fourth-order valence-corrected chi connectivity index (χ4v) is 3.66. The molecule has 0 aromatic carbocycles. The summed E-state index contributed by atoms with van der Waals surface area (Å²) in [5, 5.41) is 12.6. The molecule has 0 radical (unpaired) electrons. The third-order valence-corrected chi connectivity index (χ3v) is 4.50. The van der Waals surface area contributed by atoms with Gasteiger partial charge in [0, 0.05) is 11.5 Å². The first-order chi connectivity index (χ1) is 7.12. The zero-order valence-corrected chi connectivity index (χ0v) is 9.03. The lowest BCUT2D eigenvalue weighted by molar-refractivity contribution is 0.274. The van der Waals surface area contributed by atoms with Crippen molar-refractivity contribution in [2.45, 2.75) is 25.4 Å². The Morgan fingerprint density at radius 1 is 1.60 bits per heavy atom. The summed E-state index contributed by atoms with van der Waals surface area (Å²) < 4.78 is 27.9. The summed E-state index contributed by atoms with van der Waals surface area (Å²) in [5.74, 6) is 0.746. The van der Waals surface area contributed by atoms with Gasteiger partial charge in [-0.1, -0.05) is 5.16 Å². The van der Waals surface area contributed by atoms with Crippen LogP contribution in [0.2, 0.25) is 0 Å². The highest BCUT2D eigenvalue weighted by Gasteiger charge is 2.29. The van der Waals surface area contributed by atoms with Crippen LogP contribution in [0.3, 0.4) is 0 Å². The van der Waals surface area contributed by atoms with Crippen LogP contribution in [-0.2, 0) is 16.4 Å². The maximum atomic E-state index is 11.4. The molecule has 0 amide bonds. The molecule has 5 nitrogen and oxygen atoms in total. The largest absolute Gasteiger partial charge is 0.391 e. The number of sulfone groups is 1. The van der Waals surface area contributed by atoms with Crippen molar-refractivity contribution in [3.05, 3.63) is 17.5 Å². The molecule has 1 aliphatic rings. The first-order valence-corrected chi connectivity index (χ1v) is 6.69. The Bertz CT molecular complexity index is 437. The van der Waals surface area contributed by atoms with E-state index >= 15 is 0 Å². The third-order valence-electron chi connectivity index (χ3n) is 2.68. The summed E-state index contributed by atoms with van der Waals surface area (Å²) in [6.07, 6.45) is 2.87. The number of aromatic nitrogens is 1. The van der Waals surface area contributed by atoms with Crippen LogP contribution < -0.4 is 0 Å². The van der Waals surface area contributed by atoms with Crippen LogP contribution in [0.5, 0.6) is 0 Å². The first-order valence-electron chi connectivity index (χ1n) is 4.87. The molecule has 1 atom stereocenters. The SMILES string of the molecule is O=S1(=O)CCCC(c2oncc2CO)C1. The standard InChI is InChI=1S/C9H13NO4S/c11-5-8-4-10-14-9(8)7-2-1-3-15(12,13)6-7/h4,7,11H,1-3,5-6H2. The molecule has 15 heavy (non-hydrogen) atoms. The lowest BCUT2D eigenvalue weighted by Crippen LogP contribution is -2.24. The molecule has 0 spiro atoms. The van der Waals surface area contributed by atoms with Gasteiger partial charge in [-0.05, 0) is 12.8 Å². The highest BCUT2D eigenvalue weighted by atomic mass is 32.2. The van der Waals surface area contributed by atoms with Crippen LogP contribution in [0.25, 0.3) is 0 Å². The van der Waals surface area contributed by atoms with E-state index in [1.807, 2.05) is 0 Å². The van der Waals surface area contributed by atoms with Crippen molar-refractivity contribution in [2.24, 2.45) is 0 Å². The molecule has 1 aromatic rings. The van der Waals surface area contributed by atoms with Crippen molar-refractivity contribution in [1.29, 1.82) is 0 Å². The monoisotopic (exact) mass is 231 g/mol. The lowest BCUT2D eigenvalue weighted by Gasteiger charge is -2.19. The summed E-state index contributed by atoms with van der Waals surface area (Å²) in [4.78, 5) is 0. The van der Waals surface area contributed by atoms with Crippen molar-refractivity contribution in [3.63, 3.8) is 0 Å². The summed E-state index contributed by atoms with van der Waals surface area (Å²) in [6, 6.07) is 0. The summed E-state index contributed by atoms with van der Waals surface area (Å²) in [6.45, 7) is -0.157. The second-order valence-electron chi connectivity index (χ2n) is 3.83. The average molecular weight is 231 g/mol.